The first-order valence-electron chi connectivity index (χ1n) is 8.40. The number of benzene rings is 1. The number of hydrogen-bond donors (Lipinski definition) is 1. The first-order valence-corrected chi connectivity index (χ1v) is 9.21. The van der Waals surface area contributed by atoms with Crippen LogP contribution in [0.15, 0.2) is 45.7 Å². The van der Waals surface area contributed by atoms with Crippen molar-refractivity contribution < 1.29 is 37.1 Å². The molecule has 1 aromatic heterocycles. The van der Waals surface area contributed by atoms with E-state index in [-0.39, 0.29) is 41.4 Å². The summed E-state index contributed by atoms with van der Waals surface area (Å²) in [6.45, 7) is -0.0120. The van der Waals surface area contributed by atoms with Crippen molar-refractivity contribution in [3.05, 3.63) is 52.6 Å². The number of alkyl halides is 3. The topological polar surface area (TPSA) is 87.8 Å². The maximum Gasteiger partial charge on any atom is 0.416 e. The molecule has 3 rings (SSSR count). The van der Waals surface area contributed by atoms with Crippen molar-refractivity contribution in [1.29, 1.82) is 0 Å². The molecular weight excluding hydrogens is 411 g/mol. The Balaban J connectivity index is 1.76. The number of nitrogens with zero attached hydrogens (tertiary/aromatic N) is 1. The Morgan fingerprint density at radius 3 is 2.66 bits per heavy atom. The Hall–Kier alpha value is -3.01. The van der Waals surface area contributed by atoms with Crippen LogP contribution in [0.1, 0.15) is 24.2 Å². The zero-order chi connectivity index (χ0) is 21.2. The highest BCUT2D eigenvalue weighted by molar-refractivity contribution is 8.18. The number of rotatable bonds is 6. The van der Waals surface area contributed by atoms with Gasteiger partial charge in [-0.25, -0.2) is 0 Å². The smallest absolute Gasteiger partial charge is 0.416 e. The summed E-state index contributed by atoms with van der Waals surface area (Å²) in [6.07, 6.45) is -3.18. The maximum atomic E-state index is 12.9. The predicted octanol–water partition coefficient (Wildman–Crippen LogP) is 4.87. The number of furan rings is 1. The fourth-order valence-electron chi connectivity index (χ4n) is 2.64. The normalized spacial score (nSPS) is 16.1. The first-order chi connectivity index (χ1) is 13.6. The van der Waals surface area contributed by atoms with Crippen LogP contribution in [0.2, 0.25) is 0 Å². The highest BCUT2D eigenvalue weighted by Gasteiger charge is 2.35. The number of hydrogen-bond acceptors (Lipinski definition) is 5. The largest absolute Gasteiger partial charge is 0.481 e. The van der Waals surface area contributed by atoms with Gasteiger partial charge >= 0.3 is 12.1 Å². The molecule has 2 amide bonds. The second kappa shape index (κ2) is 8.16. The van der Waals surface area contributed by atoms with E-state index in [1.807, 2.05) is 0 Å². The van der Waals surface area contributed by atoms with Gasteiger partial charge in [-0.1, -0.05) is 12.1 Å². The summed E-state index contributed by atoms with van der Waals surface area (Å²) >= 11 is 0.689. The molecule has 1 aliphatic heterocycles. The molecule has 1 aromatic carbocycles. The SMILES string of the molecule is O=C(O)CCCN1C(=O)S/C(=C/c2ccc(-c3cccc(C(F)(F)F)c3)o2)C1=O. The lowest BCUT2D eigenvalue weighted by Gasteiger charge is -2.10. The molecular formula is C19H14F3NO5S. The van der Waals surface area contributed by atoms with Crippen LogP contribution in [-0.4, -0.2) is 33.7 Å². The highest BCUT2D eigenvalue weighted by atomic mass is 32.2. The monoisotopic (exact) mass is 425 g/mol. The lowest BCUT2D eigenvalue weighted by atomic mass is 10.1. The van der Waals surface area contributed by atoms with E-state index in [9.17, 15) is 27.6 Å². The molecule has 0 spiro atoms. The van der Waals surface area contributed by atoms with Gasteiger partial charge in [0.25, 0.3) is 11.1 Å². The van der Waals surface area contributed by atoms with Gasteiger partial charge in [-0.15, -0.1) is 0 Å². The molecule has 0 unspecified atom stereocenters. The van der Waals surface area contributed by atoms with E-state index < -0.39 is 28.9 Å². The molecule has 0 atom stereocenters. The van der Waals surface area contributed by atoms with E-state index in [1.165, 1.54) is 30.3 Å². The van der Waals surface area contributed by atoms with Crippen molar-refractivity contribution in [2.45, 2.75) is 19.0 Å². The molecule has 0 saturated carbocycles. The minimum absolute atomic E-state index is 0.0120. The summed E-state index contributed by atoms with van der Waals surface area (Å²) in [6, 6.07) is 7.59. The molecule has 1 N–H and O–H groups in total. The average molecular weight is 425 g/mol. The van der Waals surface area contributed by atoms with Crippen LogP contribution in [0.4, 0.5) is 18.0 Å². The fraction of sp³-hybridized carbons (Fsp3) is 0.211. The number of thioether (sulfide) groups is 1. The van der Waals surface area contributed by atoms with Crippen LogP contribution < -0.4 is 0 Å². The van der Waals surface area contributed by atoms with Gasteiger partial charge in [0, 0.05) is 24.6 Å². The maximum absolute atomic E-state index is 12.9. The van der Waals surface area contributed by atoms with Gasteiger partial charge in [0.2, 0.25) is 0 Å². The molecule has 1 fully saturated rings. The van der Waals surface area contributed by atoms with Crippen LogP contribution in [0.25, 0.3) is 17.4 Å². The number of carboxylic acids is 1. The molecule has 152 valence electrons. The van der Waals surface area contributed by atoms with Gasteiger partial charge in [-0.2, -0.15) is 13.2 Å². The number of aliphatic carboxylic acids is 1. The summed E-state index contributed by atoms with van der Waals surface area (Å²) < 4.78 is 44.1. The van der Waals surface area contributed by atoms with Gasteiger partial charge in [0.1, 0.15) is 11.5 Å². The van der Waals surface area contributed by atoms with E-state index in [4.69, 9.17) is 9.52 Å². The Labute approximate surface area is 167 Å². The third-order valence-corrected chi connectivity index (χ3v) is 4.93. The van der Waals surface area contributed by atoms with Crippen LogP contribution in [-0.2, 0) is 15.8 Å². The molecule has 2 aromatic rings. The van der Waals surface area contributed by atoms with Gasteiger partial charge in [0.05, 0.1) is 10.5 Å². The third kappa shape index (κ3) is 4.89. The lowest BCUT2D eigenvalue weighted by Crippen LogP contribution is -2.29. The molecule has 1 saturated heterocycles. The van der Waals surface area contributed by atoms with Crippen LogP contribution in [0.3, 0.4) is 0 Å². The van der Waals surface area contributed by atoms with Crippen molar-refractivity contribution >= 4 is 35.0 Å². The van der Waals surface area contributed by atoms with E-state index in [0.29, 0.717) is 11.8 Å². The third-order valence-electron chi connectivity index (χ3n) is 4.02. The van der Waals surface area contributed by atoms with E-state index in [1.54, 1.807) is 0 Å². The lowest BCUT2D eigenvalue weighted by molar-refractivity contribution is -0.138. The van der Waals surface area contributed by atoms with Crippen molar-refractivity contribution in [3.8, 4) is 11.3 Å². The van der Waals surface area contributed by atoms with Gasteiger partial charge < -0.3 is 9.52 Å². The minimum Gasteiger partial charge on any atom is -0.481 e. The zero-order valence-electron chi connectivity index (χ0n) is 14.7. The van der Waals surface area contributed by atoms with Crippen molar-refractivity contribution in [2.24, 2.45) is 0 Å². The first kappa shape index (κ1) is 20.7. The Bertz CT molecular complexity index is 996. The van der Waals surface area contributed by atoms with Crippen LogP contribution >= 0.6 is 11.8 Å². The predicted molar refractivity (Wildman–Crippen MR) is 98.7 cm³/mol. The quantitative estimate of drug-likeness (QED) is 0.665. The van der Waals surface area contributed by atoms with Crippen molar-refractivity contribution in [3.63, 3.8) is 0 Å². The number of carboxylic acid groups (broad SMARTS) is 1. The van der Waals surface area contributed by atoms with Crippen molar-refractivity contribution in [1.82, 2.24) is 4.90 Å². The Morgan fingerprint density at radius 2 is 1.97 bits per heavy atom. The summed E-state index contributed by atoms with van der Waals surface area (Å²) in [5, 5.41) is 8.13. The molecule has 2 heterocycles. The van der Waals surface area contributed by atoms with Gasteiger partial charge in [0.15, 0.2) is 0 Å². The standard InChI is InChI=1S/C19H14F3NO5S/c20-19(21,22)12-4-1-3-11(9-12)14-7-6-13(28-14)10-15-17(26)23(18(27)29-15)8-2-5-16(24)25/h1,3-4,6-7,9-10H,2,5,8H2,(H,24,25)/b15-10+. The van der Waals surface area contributed by atoms with Crippen LogP contribution in [0.5, 0.6) is 0 Å². The van der Waals surface area contributed by atoms with Crippen LogP contribution in [0, 0.1) is 0 Å². The highest BCUT2D eigenvalue weighted by Crippen LogP contribution is 2.35. The average Bonchev–Trinajstić information content (AvgIpc) is 3.21. The number of carbonyl (C=O) groups excluding carboxylic acids is 2. The second-order valence-electron chi connectivity index (χ2n) is 6.11. The fourth-order valence-corrected chi connectivity index (χ4v) is 3.49. The van der Waals surface area contributed by atoms with E-state index in [0.717, 1.165) is 17.0 Å². The molecule has 1 aliphatic rings. The van der Waals surface area contributed by atoms with Gasteiger partial charge in [-0.3, -0.25) is 19.3 Å². The Morgan fingerprint density at radius 1 is 1.21 bits per heavy atom. The Kier molecular flexibility index (Phi) is 5.83. The van der Waals surface area contributed by atoms with Gasteiger partial charge in [-0.05, 0) is 42.4 Å². The number of halogens is 3. The number of amides is 2. The number of imide groups is 1. The zero-order valence-corrected chi connectivity index (χ0v) is 15.5. The number of carbonyl (C=O) groups is 3. The van der Waals surface area contributed by atoms with Crippen molar-refractivity contribution in [2.75, 3.05) is 6.54 Å². The molecule has 0 radical (unpaired) electrons. The molecule has 10 heteroatoms. The molecule has 29 heavy (non-hydrogen) atoms. The summed E-state index contributed by atoms with van der Waals surface area (Å²) in [5.74, 6) is -1.20. The summed E-state index contributed by atoms with van der Waals surface area (Å²) in [7, 11) is 0. The molecule has 0 aliphatic carbocycles. The summed E-state index contributed by atoms with van der Waals surface area (Å²) in [5.41, 5.74) is -0.586. The second-order valence-corrected chi connectivity index (χ2v) is 7.10. The molecule has 0 bridgehead atoms. The minimum atomic E-state index is -4.48. The molecule has 6 nitrogen and oxygen atoms in total. The van der Waals surface area contributed by atoms with E-state index >= 15 is 0 Å². The summed E-state index contributed by atoms with van der Waals surface area (Å²) in [4.78, 5) is 35.9. The van der Waals surface area contributed by atoms with E-state index in [2.05, 4.69) is 0 Å².